The van der Waals surface area contributed by atoms with Crippen LogP contribution < -0.4 is 11.2 Å². The largest absolute Gasteiger partial charge is 0.352 e. The van der Waals surface area contributed by atoms with E-state index in [-0.39, 0.29) is 12.2 Å². The van der Waals surface area contributed by atoms with Crippen LogP contribution in [0.2, 0.25) is 0 Å². The Balaban J connectivity index is 2.22. The Hall–Kier alpha value is -3.48. The molecule has 7 nitrogen and oxygen atoms in total. The molecule has 1 amide bonds. The number of carbonyl (C=O) groups excluding carboxylic acids is 1. The van der Waals surface area contributed by atoms with Crippen LogP contribution in [-0.2, 0) is 6.54 Å². The number of carbonyl (C=O) groups is 1. The molecule has 0 bridgehead atoms. The van der Waals surface area contributed by atoms with Crippen LogP contribution >= 0.6 is 0 Å². The number of nitrogens with zero attached hydrogens (tertiary/aromatic N) is 4. The number of benzene rings is 2. The van der Waals surface area contributed by atoms with Crippen molar-refractivity contribution in [3.05, 3.63) is 91.8 Å². The molecular weight excluding hydrogens is 380 g/mol. The van der Waals surface area contributed by atoms with Crippen LogP contribution in [0.25, 0.3) is 5.69 Å². The van der Waals surface area contributed by atoms with Gasteiger partial charge in [-0.05, 0) is 45.4 Å². The zero-order valence-corrected chi connectivity index (χ0v) is 17.8. The monoisotopic (exact) mass is 406 g/mol. The highest BCUT2D eigenvalue weighted by Gasteiger charge is 2.23. The standard InChI is InChI=1S/C23H26N4O3/c1-5-25(6-2)21(28)20-22(29)26(15-18-11-7-16(3)8-12-18)23(30)27(24-20)19-13-9-17(4)10-14-19/h7-14H,5-6,15H2,1-4H3. The summed E-state index contributed by atoms with van der Waals surface area (Å²) in [4.78, 5) is 40.8. The number of aryl methyl sites for hydroxylation is 2. The van der Waals surface area contributed by atoms with Crippen LogP contribution in [0.4, 0.5) is 0 Å². The van der Waals surface area contributed by atoms with Gasteiger partial charge in [-0.3, -0.25) is 14.2 Å². The average molecular weight is 406 g/mol. The summed E-state index contributed by atoms with van der Waals surface area (Å²) < 4.78 is 2.21. The normalized spacial score (nSPS) is 10.8. The second kappa shape index (κ2) is 8.90. The van der Waals surface area contributed by atoms with Gasteiger partial charge in [-0.25, -0.2) is 4.79 Å². The van der Waals surface area contributed by atoms with E-state index in [0.717, 1.165) is 25.9 Å². The van der Waals surface area contributed by atoms with Crippen molar-refractivity contribution < 1.29 is 4.79 Å². The van der Waals surface area contributed by atoms with E-state index in [0.29, 0.717) is 18.8 Å². The van der Waals surface area contributed by atoms with E-state index >= 15 is 0 Å². The fraction of sp³-hybridized carbons (Fsp3) is 0.304. The molecular formula is C23H26N4O3. The SMILES string of the molecule is CCN(CC)C(=O)c1nn(-c2ccc(C)cc2)c(=O)n(Cc2ccc(C)cc2)c1=O. The molecule has 0 fully saturated rings. The molecule has 7 heteroatoms. The molecule has 0 saturated heterocycles. The van der Waals surface area contributed by atoms with Gasteiger partial charge in [0.05, 0.1) is 12.2 Å². The third-order valence-corrected chi connectivity index (χ3v) is 5.05. The van der Waals surface area contributed by atoms with Crippen LogP contribution in [0.3, 0.4) is 0 Å². The second-order valence-electron chi connectivity index (χ2n) is 7.23. The van der Waals surface area contributed by atoms with Crippen LogP contribution in [0.1, 0.15) is 41.0 Å². The highest BCUT2D eigenvalue weighted by atomic mass is 16.2. The number of amides is 1. The molecule has 156 valence electrons. The second-order valence-corrected chi connectivity index (χ2v) is 7.23. The van der Waals surface area contributed by atoms with E-state index in [1.165, 1.54) is 4.90 Å². The summed E-state index contributed by atoms with van der Waals surface area (Å²) in [7, 11) is 0. The van der Waals surface area contributed by atoms with Gasteiger partial charge in [0.1, 0.15) is 0 Å². The van der Waals surface area contributed by atoms with Gasteiger partial charge in [0.2, 0.25) is 5.69 Å². The van der Waals surface area contributed by atoms with Crippen molar-refractivity contribution in [2.75, 3.05) is 13.1 Å². The number of hydrogen-bond acceptors (Lipinski definition) is 4. The number of rotatable bonds is 6. The minimum atomic E-state index is -0.680. The Morgan fingerprint density at radius 3 is 1.97 bits per heavy atom. The van der Waals surface area contributed by atoms with E-state index in [4.69, 9.17) is 0 Å². The quantitative estimate of drug-likeness (QED) is 0.630. The molecule has 0 radical (unpaired) electrons. The zero-order chi connectivity index (χ0) is 21.8. The van der Waals surface area contributed by atoms with Crippen molar-refractivity contribution in [2.24, 2.45) is 0 Å². The van der Waals surface area contributed by atoms with Crippen molar-refractivity contribution in [3.8, 4) is 5.69 Å². The Bertz CT molecular complexity index is 1160. The Morgan fingerprint density at radius 2 is 1.43 bits per heavy atom. The Kier molecular flexibility index (Phi) is 6.30. The first kappa shape index (κ1) is 21.2. The summed E-state index contributed by atoms with van der Waals surface area (Å²) >= 11 is 0. The van der Waals surface area contributed by atoms with Gasteiger partial charge >= 0.3 is 5.69 Å². The minimum Gasteiger partial charge on any atom is -0.338 e. The number of aromatic nitrogens is 3. The lowest BCUT2D eigenvalue weighted by Gasteiger charge is -2.19. The van der Waals surface area contributed by atoms with Crippen molar-refractivity contribution in [2.45, 2.75) is 34.2 Å². The molecule has 1 heterocycles. The molecule has 3 aromatic rings. The number of hydrogen-bond donors (Lipinski definition) is 0. The van der Waals surface area contributed by atoms with Gasteiger partial charge in [-0.1, -0.05) is 47.5 Å². The summed E-state index contributed by atoms with van der Waals surface area (Å²) in [6.07, 6.45) is 0. The van der Waals surface area contributed by atoms with Crippen molar-refractivity contribution in [1.82, 2.24) is 19.2 Å². The molecule has 0 aliphatic carbocycles. The first-order chi connectivity index (χ1) is 14.3. The summed E-state index contributed by atoms with van der Waals surface area (Å²) in [6.45, 7) is 8.52. The topological polar surface area (TPSA) is 77.2 Å². The average Bonchev–Trinajstić information content (AvgIpc) is 2.74. The predicted octanol–water partition coefficient (Wildman–Crippen LogP) is 2.54. The van der Waals surface area contributed by atoms with E-state index in [1.807, 2.05) is 64.1 Å². The van der Waals surface area contributed by atoms with Gasteiger partial charge in [-0.15, -0.1) is 0 Å². The van der Waals surface area contributed by atoms with Crippen molar-refractivity contribution in [1.29, 1.82) is 0 Å². The lowest BCUT2D eigenvalue weighted by atomic mass is 10.1. The molecule has 0 aliphatic heterocycles. The van der Waals surface area contributed by atoms with Gasteiger partial charge in [0.25, 0.3) is 11.5 Å². The van der Waals surface area contributed by atoms with Crippen molar-refractivity contribution in [3.63, 3.8) is 0 Å². The first-order valence-corrected chi connectivity index (χ1v) is 10.0. The fourth-order valence-corrected chi connectivity index (χ4v) is 3.18. The predicted molar refractivity (Wildman–Crippen MR) is 116 cm³/mol. The smallest absolute Gasteiger partial charge is 0.338 e. The summed E-state index contributed by atoms with van der Waals surface area (Å²) in [5, 5.41) is 4.18. The summed E-state index contributed by atoms with van der Waals surface area (Å²) in [5.41, 5.74) is 1.88. The molecule has 0 spiro atoms. The van der Waals surface area contributed by atoms with E-state index < -0.39 is 17.2 Å². The molecule has 0 saturated carbocycles. The lowest BCUT2D eigenvalue weighted by Crippen LogP contribution is -2.46. The summed E-state index contributed by atoms with van der Waals surface area (Å²) in [6, 6.07) is 14.8. The molecule has 0 unspecified atom stereocenters. The highest BCUT2D eigenvalue weighted by Crippen LogP contribution is 2.08. The van der Waals surface area contributed by atoms with Crippen LogP contribution in [0.15, 0.2) is 58.1 Å². The van der Waals surface area contributed by atoms with Crippen LogP contribution in [-0.4, -0.2) is 38.2 Å². The minimum absolute atomic E-state index is 0.0604. The van der Waals surface area contributed by atoms with Gasteiger partial charge < -0.3 is 4.90 Å². The van der Waals surface area contributed by atoms with Gasteiger partial charge in [0.15, 0.2) is 0 Å². The van der Waals surface area contributed by atoms with Gasteiger partial charge in [0, 0.05) is 13.1 Å². The fourth-order valence-electron chi connectivity index (χ4n) is 3.18. The van der Waals surface area contributed by atoms with Gasteiger partial charge in [-0.2, -0.15) is 9.78 Å². The van der Waals surface area contributed by atoms with E-state index in [2.05, 4.69) is 5.10 Å². The maximum Gasteiger partial charge on any atom is 0.352 e. The Morgan fingerprint density at radius 1 is 0.900 bits per heavy atom. The van der Waals surface area contributed by atoms with Crippen LogP contribution in [0, 0.1) is 13.8 Å². The zero-order valence-electron chi connectivity index (χ0n) is 17.8. The third kappa shape index (κ3) is 4.25. The van der Waals surface area contributed by atoms with Crippen LogP contribution in [0.5, 0.6) is 0 Å². The molecule has 1 aromatic heterocycles. The van der Waals surface area contributed by atoms with E-state index in [9.17, 15) is 14.4 Å². The Labute approximate surface area is 175 Å². The molecule has 0 aliphatic rings. The third-order valence-electron chi connectivity index (χ3n) is 5.05. The molecule has 0 N–H and O–H groups in total. The molecule has 2 aromatic carbocycles. The molecule has 3 rings (SSSR count). The molecule has 0 atom stereocenters. The van der Waals surface area contributed by atoms with E-state index in [1.54, 1.807) is 12.1 Å². The lowest BCUT2D eigenvalue weighted by molar-refractivity contribution is 0.0761. The maximum absolute atomic E-state index is 13.2. The summed E-state index contributed by atoms with van der Waals surface area (Å²) in [5.74, 6) is -0.483. The first-order valence-electron chi connectivity index (χ1n) is 10.0. The van der Waals surface area contributed by atoms with Crippen molar-refractivity contribution >= 4 is 5.91 Å². The maximum atomic E-state index is 13.2. The highest BCUT2D eigenvalue weighted by molar-refractivity contribution is 5.91. The molecule has 30 heavy (non-hydrogen) atoms.